The molecule has 0 atom stereocenters. The van der Waals surface area contributed by atoms with Crippen molar-refractivity contribution in [3.05, 3.63) is 27.7 Å². The number of hydrogen-bond acceptors (Lipinski definition) is 5. The third-order valence-corrected chi connectivity index (χ3v) is 3.84. The summed E-state index contributed by atoms with van der Waals surface area (Å²) in [5.74, 6) is -0.927. The Balaban J connectivity index is 2.43. The summed E-state index contributed by atoms with van der Waals surface area (Å²) < 4.78 is 2.34. The van der Waals surface area contributed by atoms with Crippen LogP contribution in [0.1, 0.15) is 0 Å². The molecule has 1 aromatic heterocycles. The van der Waals surface area contributed by atoms with E-state index in [1.165, 1.54) is 4.57 Å². The Kier molecular flexibility index (Phi) is 4.33. The first kappa shape index (κ1) is 14.2. The van der Waals surface area contributed by atoms with Crippen molar-refractivity contribution in [2.45, 2.75) is 5.16 Å². The summed E-state index contributed by atoms with van der Waals surface area (Å²) in [7, 11) is 0. The topological polar surface area (TPSA) is 94.0 Å². The molecule has 0 radical (unpaired) electrons. The lowest BCUT2D eigenvalue weighted by Gasteiger charge is -2.09. The minimum absolute atomic E-state index is 0.133. The molecule has 0 unspecified atom stereocenters. The summed E-state index contributed by atoms with van der Waals surface area (Å²) in [5.41, 5.74) is 6.34. The van der Waals surface area contributed by atoms with E-state index in [9.17, 15) is 4.79 Å². The van der Waals surface area contributed by atoms with Gasteiger partial charge in [-0.25, -0.2) is 0 Å². The fraction of sp³-hybridized carbons (Fsp3) is 0.100. The predicted octanol–water partition coefficient (Wildman–Crippen LogP) is 2.44. The number of carbonyl (C=O) groups is 1. The van der Waals surface area contributed by atoms with Gasteiger partial charge < -0.3 is 10.8 Å². The van der Waals surface area contributed by atoms with Crippen LogP contribution in [0, 0.1) is 0 Å². The Labute approximate surface area is 126 Å². The number of carboxylic acids is 1. The molecule has 0 aliphatic heterocycles. The van der Waals surface area contributed by atoms with Gasteiger partial charge in [0.2, 0.25) is 5.95 Å². The van der Waals surface area contributed by atoms with Crippen LogP contribution >= 0.6 is 39.3 Å². The minimum Gasteiger partial charge on any atom is -0.481 e. The lowest BCUT2D eigenvalue weighted by Crippen LogP contribution is -2.05. The number of carboxylic acid groups (broad SMARTS) is 1. The molecule has 0 aliphatic carbocycles. The maximum Gasteiger partial charge on any atom is 0.313 e. The predicted molar refractivity (Wildman–Crippen MR) is 76.8 cm³/mol. The molecule has 1 heterocycles. The van der Waals surface area contributed by atoms with Crippen LogP contribution in [0.5, 0.6) is 0 Å². The van der Waals surface area contributed by atoms with Crippen LogP contribution < -0.4 is 5.73 Å². The molecule has 0 fully saturated rings. The van der Waals surface area contributed by atoms with Crippen LogP contribution in [0.2, 0.25) is 5.02 Å². The number of thioether (sulfide) groups is 1. The second kappa shape index (κ2) is 5.81. The molecular formula is C10H8BrClN4O2S. The Morgan fingerprint density at radius 2 is 2.26 bits per heavy atom. The zero-order chi connectivity index (χ0) is 14.0. The number of anilines is 1. The fourth-order valence-electron chi connectivity index (χ4n) is 1.39. The van der Waals surface area contributed by atoms with Gasteiger partial charge >= 0.3 is 5.97 Å². The van der Waals surface area contributed by atoms with E-state index in [0.29, 0.717) is 15.9 Å². The molecular weight excluding hydrogens is 356 g/mol. The molecule has 19 heavy (non-hydrogen) atoms. The van der Waals surface area contributed by atoms with E-state index in [4.69, 9.17) is 22.4 Å². The summed E-state index contributed by atoms with van der Waals surface area (Å²) in [6, 6.07) is 5.26. The molecule has 0 bridgehead atoms. The van der Waals surface area contributed by atoms with E-state index in [0.717, 1.165) is 16.2 Å². The van der Waals surface area contributed by atoms with Gasteiger partial charge in [0.15, 0.2) is 5.16 Å². The molecule has 2 rings (SSSR count). The average Bonchev–Trinajstić information content (AvgIpc) is 2.68. The second-order valence-corrected chi connectivity index (χ2v) is 5.72. The third kappa shape index (κ3) is 3.20. The van der Waals surface area contributed by atoms with Gasteiger partial charge in [0.25, 0.3) is 0 Å². The first-order valence-electron chi connectivity index (χ1n) is 5.00. The van der Waals surface area contributed by atoms with Gasteiger partial charge in [0.05, 0.1) is 16.5 Å². The van der Waals surface area contributed by atoms with Crippen molar-refractivity contribution < 1.29 is 9.90 Å². The number of aromatic nitrogens is 3. The summed E-state index contributed by atoms with van der Waals surface area (Å²) in [4.78, 5) is 10.6. The van der Waals surface area contributed by atoms with Gasteiger partial charge in [-0.05, 0) is 18.2 Å². The summed E-state index contributed by atoms with van der Waals surface area (Å²) in [6.07, 6.45) is 0. The highest BCUT2D eigenvalue weighted by molar-refractivity contribution is 9.10. The highest BCUT2D eigenvalue weighted by Gasteiger charge is 2.15. The number of rotatable bonds is 4. The number of nitrogen functional groups attached to an aromatic ring is 1. The minimum atomic E-state index is -0.944. The van der Waals surface area contributed by atoms with Crippen LogP contribution in [0.3, 0.4) is 0 Å². The van der Waals surface area contributed by atoms with Crippen LogP contribution in [-0.2, 0) is 4.79 Å². The van der Waals surface area contributed by atoms with Crippen molar-refractivity contribution in [1.29, 1.82) is 0 Å². The number of nitrogens with two attached hydrogens (primary N) is 1. The van der Waals surface area contributed by atoms with Crippen molar-refractivity contribution in [2.24, 2.45) is 0 Å². The smallest absolute Gasteiger partial charge is 0.313 e. The van der Waals surface area contributed by atoms with E-state index >= 15 is 0 Å². The Hall–Kier alpha value is -1.25. The maximum atomic E-state index is 10.6. The van der Waals surface area contributed by atoms with Crippen LogP contribution in [0.4, 0.5) is 5.95 Å². The Morgan fingerprint density at radius 3 is 2.89 bits per heavy atom. The van der Waals surface area contributed by atoms with E-state index in [1.54, 1.807) is 18.2 Å². The molecule has 100 valence electrons. The highest BCUT2D eigenvalue weighted by atomic mass is 79.9. The number of aliphatic carboxylic acids is 1. The number of halogens is 2. The highest BCUT2D eigenvalue weighted by Crippen LogP contribution is 2.29. The van der Waals surface area contributed by atoms with Crippen LogP contribution in [-0.4, -0.2) is 31.6 Å². The van der Waals surface area contributed by atoms with Crippen molar-refractivity contribution in [3.8, 4) is 5.69 Å². The fourth-order valence-corrected chi connectivity index (χ4v) is 2.82. The number of nitrogens with zero attached hydrogens (tertiary/aromatic N) is 3. The maximum absolute atomic E-state index is 10.6. The van der Waals surface area contributed by atoms with E-state index in [2.05, 4.69) is 26.1 Å². The van der Waals surface area contributed by atoms with Gasteiger partial charge in [-0.2, -0.15) is 0 Å². The summed E-state index contributed by atoms with van der Waals surface area (Å²) >= 11 is 10.5. The Bertz CT molecular complexity index is 634. The zero-order valence-corrected chi connectivity index (χ0v) is 12.5. The first-order chi connectivity index (χ1) is 8.99. The lowest BCUT2D eigenvalue weighted by molar-refractivity contribution is -0.133. The van der Waals surface area contributed by atoms with Crippen molar-refractivity contribution in [2.75, 3.05) is 11.5 Å². The monoisotopic (exact) mass is 362 g/mol. The molecule has 1 aromatic carbocycles. The standard InChI is InChI=1S/C10H8BrClN4O2S/c11-5-1-2-7(6(12)3-5)16-9(13)14-15-10(16)19-4-8(17)18/h1-3H,4H2,(H2,13,14)(H,17,18). The number of hydrogen-bond donors (Lipinski definition) is 2. The molecule has 0 amide bonds. The summed E-state index contributed by atoms with van der Waals surface area (Å²) in [5, 5.41) is 17.1. The molecule has 2 aromatic rings. The Morgan fingerprint density at radius 1 is 1.53 bits per heavy atom. The van der Waals surface area contributed by atoms with E-state index in [-0.39, 0.29) is 11.7 Å². The van der Waals surface area contributed by atoms with Crippen molar-refractivity contribution >= 4 is 51.2 Å². The van der Waals surface area contributed by atoms with Gasteiger partial charge in [-0.3, -0.25) is 9.36 Å². The normalized spacial score (nSPS) is 10.6. The quantitative estimate of drug-likeness (QED) is 0.810. The van der Waals surface area contributed by atoms with E-state index in [1.807, 2.05) is 0 Å². The number of benzene rings is 1. The van der Waals surface area contributed by atoms with Gasteiger partial charge in [-0.1, -0.05) is 39.3 Å². The SMILES string of the molecule is Nc1nnc(SCC(=O)O)n1-c1ccc(Br)cc1Cl. The largest absolute Gasteiger partial charge is 0.481 e. The molecule has 9 heteroatoms. The van der Waals surface area contributed by atoms with Crippen molar-refractivity contribution in [1.82, 2.24) is 14.8 Å². The first-order valence-corrected chi connectivity index (χ1v) is 7.15. The van der Waals surface area contributed by atoms with Crippen molar-refractivity contribution in [3.63, 3.8) is 0 Å². The molecule has 3 N–H and O–H groups in total. The van der Waals surface area contributed by atoms with Gasteiger partial charge in [-0.15, -0.1) is 10.2 Å². The third-order valence-electron chi connectivity index (χ3n) is 2.13. The summed E-state index contributed by atoms with van der Waals surface area (Å²) in [6.45, 7) is 0. The van der Waals surface area contributed by atoms with Crippen LogP contribution in [0.15, 0.2) is 27.8 Å². The van der Waals surface area contributed by atoms with Gasteiger partial charge in [0, 0.05) is 4.47 Å². The molecule has 0 saturated carbocycles. The molecule has 0 spiro atoms. The second-order valence-electron chi connectivity index (χ2n) is 3.45. The molecule has 6 nitrogen and oxygen atoms in total. The van der Waals surface area contributed by atoms with E-state index < -0.39 is 5.97 Å². The zero-order valence-electron chi connectivity index (χ0n) is 9.38. The average molecular weight is 364 g/mol. The van der Waals surface area contributed by atoms with Gasteiger partial charge in [0.1, 0.15) is 0 Å². The van der Waals surface area contributed by atoms with Crippen LogP contribution in [0.25, 0.3) is 5.69 Å². The molecule has 0 aliphatic rings. The molecule has 0 saturated heterocycles. The lowest BCUT2D eigenvalue weighted by atomic mass is 10.3.